The van der Waals surface area contributed by atoms with Gasteiger partial charge in [0.25, 0.3) is 0 Å². The Morgan fingerprint density at radius 1 is 1.33 bits per heavy atom. The molecular weight excluding hydrogens is 265 g/mol. The number of halogens is 4. The fourth-order valence-electron chi connectivity index (χ4n) is 1.75. The van der Waals surface area contributed by atoms with Crippen LogP contribution in [-0.2, 0) is 12.1 Å². The van der Waals surface area contributed by atoms with Crippen LogP contribution in [0.15, 0.2) is 30.6 Å². The number of imidazole rings is 1. The zero-order valence-electron chi connectivity index (χ0n) is 9.50. The van der Waals surface area contributed by atoms with E-state index in [1.165, 1.54) is 12.3 Å². The highest BCUT2D eigenvalue weighted by Crippen LogP contribution is 2.34. The summed E-state index contributed by atoms with van der Waals surface area (Å²) < 4.78 is 40.2. The summed E-state index contributed by atoms with van der Waals surface area (Å²) in [5, 5.41) is 0. The van der Waals surface area contributed by atoms with E-state index in [-0.39, 0.29) is 11.4 Å². The molecule has 18 heavy (non-hydrogen) atoms. The van der Waals surface area contributed by atoms with Crippen molar-refractivity contribution >= 4 is 11.6 Å². The molecule has 0 N–H and O–H groups in total. The summed E-state index contributed by atoms with van der Waals surface area (Å²) >= 11 is 5.53. The summed E-state index contributed by atoms with van der Waals surface area (Å²) in [5.74, 6) is 0.458. The number of aryl methyl sites for hydroxylation is 1. The van der Waals surface area contributed by atoms with Gasteiger partial charge in [-0.05, 0) is 24.6 Å². The van der Waals surface area contributed by atoms with Gasteiger partial charge in [-0.2, -0.15) is 13.2 Å². The fourth-order valence-corrected chi connectivity index (χ4v) is 1.98. The summed E-state index contributed by atoms with van der Waals surface area (Å²) in [6.45, 7) is 1.72. The summed E-state index contributed by atoms with van der Waals surface area (Å²) in [5.41, 5.74) is -0.208. The number of rotatable bonds is 2. The minimum atomic E-state index is -4.41. The van der Waals surface area contributed by atoms with Crippen LogP contribution in [0.5, 0.6) is 0 Å². The predicted molar refractivity (Wildman–Crippen MR) is 62.9 cm³/mol. The summed E-state index contributed by atoms with van der Waals surface area (Å²) in [6.07, 6.45) is -1.25. The van der Waals surface area contributed by atoms with Crippen LogP contribution in [0.25, 0.3) is 5.69 Å². The first kappa shape index (κ1) is 13.0. The molecule has 0 saturated carbocycles. The lowest BCUT2D eigenvalue weighted by atomic mass is 10.1. The Bertz CT molecular complexity index is 561. The number of nitrogens with zero attached hydrogens (tertiary/aromatic N) is 2. The van der Waals surface area contributed by atoms with Crippen LogP contribution in [-0.4, -0.2) is 9.55 Å². The van der Waals surface area contributed by atoms with E-state index >= 15 is 0 Å². The molecule has 0 amide bonds. The van der Waals surface area contributed by atoms with Gasteiger partial charge in [-0.25, -0.2) is 4.98 Å². The molecule has 0 unspecified atom stereocenters. The fraction of sp³-hybridized carbons (Fsp3) is 0.250. The van der Waals surface area contributed by atoms with Gasteiger partial charge in [0.05, 0.1) is 5.56 Å². The molecule has 6 heteroatoms. The normalized spacial score (nSPS) is 11.8. The Morgan fingerprint density at radius 3 is 2.56 bits per heavy atom. The molecule has 0 aliphatic carbocycles. The van der Waals surface area contributed by atoms with Crippen LogP contribution in [0, 0.1) is 6.92 Å². The van der Waals surface area contributed by atoms with Gasteiger partial charge in [-0.1, -0.05) is 6.07 Å². The van der Waals surface area contributed by atoms with Crippen LogP contribution in [0.3, 0.4) is 0 Å². The number of hydrogen-bond donors (Lipinski definition) is 0. The van der Waals surface area contributed by atoms with Crippen molar-refractivity contribution in [3.8, 4) is 5.69 Å². The summed E-state index contributed by atoms with van der Waals surface area (Å²) in [6, 6.07) is 4.08. The molecule has 0 aliphatic rings. The number of aromatic nitrogens is 2. The topological polar surface area (TPSA) is 17.8 Å². The number of hydrogen-bond acceptors (Lipinski definition) is 1. The van der Waals surface area contributed by atoms with Crippen molar-refractivity contribution < 1.29 is 13.2 Å². The highest BCUT2D eigenvalue weighted by atomic mass is 35.5. The molecule has 0 atom stereocenters. The van der Waals surface area contributed by atoms with Gasteiger partial charge in [0.15, 0.2) is 0 Å². The quantitative estimate of drug-likeness (QED) is 0.759. The third-order valence-corrected chi connectivity index (χ3v) is 2.93. The van der Waals surface area contributed by atoms with Crippen LogP contribution >= 0.6 is 11.6 Å². The standard InChI is InChI=1S/C12H10ClF3N2/c1-8-17-4-5-18(8)10-3-2-9(7-13)11(6-10)12(14,15)16/h2-6H,7H2,1H3. The minimum Gasteiger partial charge on any atom is -0.304 e. The van der Waals surface area contributed by atoms with Crippen LogP contribution in [0.1, 0.15) is 17.0 Å². The molecule has 1 aromatic heterocycles. The Hall–Kier alpha value is -1.49. The van der Waals surface area contributed by atoms with Crippen LogP contribution in [0.4, 0.5) is 13.2 Å². The summed E-state index contributed by atoms with van der Waals surface area (Å²) in [4.78, 5) is 3.98. The van der Waals surface area contributed by atoms with Gasteiger partial charge in [0.2, 0.25) is 0 Å². The second-order valence-electron chi connectivity index (χ2n) is 3.82. The van der Waals surface area contributed by atoms with Crippen molar-refractivity contribution in [3.63, 3.8) is 0 Å². The molecule has 2 nitrogen and oxygen atoms in total. The van der Waals surface area contributed by atoms with E-state index in [0.29, 0.717) is 11.5 Å². The van der Waals surface area contributed by atoms with Crippen LogP contribution < -0.4 is 0 Å². The zero-order valence-corrected chi connectivity index (χ0v) is 10.3. The van der Waals surface area contributed by atoms with Crippen molar-refractivity contribution in [1.29, 1.82) is 0 Å². The predicted octanol–water partition coefficient (Wildman–Crippen LogP) is 3.94. The van der Waals surface area contributed by atoms with Gasteiger partial charge >= 0.3 is 6.18 Å². The minimum absolute atomic E-state index is 0.0747. The second kappa shape index (κ2) is 4.65. The van der Waals surface area contributed by atoms with E-state index in [2.05, 4.69) is 4.98 Å². The first-order chi connectivity index (χ1) is 8.43. The van der Waals surface area contributed by atoms with Gasteiger partial charge in [-0.3, -0.25) is 0 Å². The van der Waals surface area contributed by atoms with Crippen molar-refractivity contribution in [1.82, 2.24) is 9.55 Å². The SMILES string of the molecule is Cc1nccn1-c1ccc(CCl)c(C(F)(F)F)c1. The first-order valence-electron chi connectivity index (χ1n) is 5.20. The number of alkyl halides is 4. The Labute approximate surface area is 107 Å². The number of benzene rings is 1. The Kier molecular flexibility index (Phi) is 3.34. The van der Waals surface area contributed by atoms with E-state index in [1.54, 1.807) is 23.8 Å². The molecule has 0 radical (unpaired) electrons. The van der Waals surface area contributed by atoms with Gasteiger partial charge in [-0.15, -0.1) is 11.6 Å². The molecule has 0 bridgehead atoms. The van der Waals surface area contributed by atoms with Crippen molar-refractivity contribution in [2.45, 2.75) is 19.0 Å². The second-order valence-corrected chi connectivity index (χ2v) is 4.08. The molecule has 2 rings (SSSR count). The van der Waals surface area contributed by atoms with E-state index in [9.17, 15) is 13.2 Å². The zero-order chi connectivity index (χ0) is 13.3. The van der Waals surface area contributed by atoms with Crippen molar-refractivity contribution in [2.24, 2.45) is 0 Å². The van der Waals surface area contributed by atoms with E-state index in [1.807, 2.05) is 0 Å². The maximum absolute atomic E-state index is 12.9. The molecule has 96 valence electrons. The average molecular weight is 275 g/mol. The highest BCUT2D eigenvalue weighted by molar-refractivity contribution is 6.17. The van der Waals surface area contributed by atoms with Gasteiger partial charge in [0, 0.05) is 24.0 Å². The maximum Gasteiger partial charge on any atom is 0.416 e. The van der Waals surface area contributed by atoms with Crippen molar-refractivity contribution in [2.75, 3.05) is 0 Å². The van der Waals surface area contributed by atoms with Gasteiger partial charge in [0.1, 0.15) is 5.82 Å². The van der Waals surface area contributed by atoms with Gasteiger partial charge < -0.3 is 4.57 Å². The average Bonchev–Trinajstić information content (AvgIpc) is 2.73. The first-order valence-corrected chi connectivity index (χ1v) is 5.73. The van der Waals surface area contributed by atoms with E-state index in [4.69, 9.17) is 11.6 Å². The van der Waals surface area contributed by atoms with E-state index in [0.717, 1.165) is 6.07 Å². The maximum atomic E-state index is 12.9. The molecule has 0 saturated heterocycles. The smallest absolute Gasteiger partial charge is 0.304 e. The molecule has 2 aromatic rings. The lowest BCUT2D eigenvalue weighted by Crippen LogP contribution is -2.10. The molecule has 1 aromatic carbocycles. The Balaban J connectivity index is 2.57. The summed E-state index contributed by atoms with van der Waals surface area (Å²) in [7, 11) is 0. The van der Waals surface area contributed by atoms with Crippen molar-refractivity contribution in [3.05, 3.63) is 47.5 Å². The highest BCUT2D eigenvalue weighted by Gasteiger charge is 2.33. The third-order valence-electron chi connectivity index (χ3n) is 2.65. The monoisotopic (exact) mass is 274 g/mol. The lowest BCUT2D eigenvalue weighted by Gasteiger charge is -2.14. The molecular formula is C12H10ClF3N2. The Morgan fingerprint density at radius 2 is 2.06 bits per heavy atom. The largest absolute Gasteiger partial charge is 0.416 e. The molecule has 0 spiro atoms. The van der Waals surface area contributed by atoms with E-state index < -0.39 is 11.7 Å². The molecule has 1 heterocycles. The molecule has 0 aliphatic heterocycles. The van der Waals surface area contributed by atoms with Crippen LogP contribution in [0.2, 0.25) is 0 Å². The lowest BCUT2D eigenvalue weighted by molar-refractivity contribution is -0.138. The third kappa shape index (κ3) is 2.36. The molecule has 0 fully saturated rings.